The summed E-state index contributed by atoms with van der Waals surface area (Å²) in [4.78, 5) is 0. The lowest BCUT2D eigenvalue weighted by molar-refractivity contribution is 0.0652. The van der Waals surface area contributed by atoms with E-state index in [9.17, 15) is 5.11 Å². The summed E-state index contributed by atoms with van der Waals surface area (Å²) in [5.41, 5.74) is 2.91. The average molecular weight is 305 g/mol. The number of methoxy groups -OCH3 is 1. The van der Waals surface area contributed by atoms with Crippen LogP contribution in [0.1, 0.15) is 35.3 Å². The molecule has 0 spiro atoms. The van der Waals surface area contributed by atoms with Crippen molar-refractivity contribution in [1.82, 2.24) is 0 Å². The summed E-state index contributed by atoms with van der Waals surface area (Å²) in [6, 6.07) is 11.2. The van der Waals surface area contributed by atoms with Crippen molar-refractivity contribution >= 4 is 11.6 Å². The second kappa shape index (κ2) is 5.58. The Morgan fingerprint density at radius 3 is 2.67 bits per heavy atom. The van der Waals surface area contributed by atoms with Crippen LogP contribution in [0.3, 0.4) is 0 Å². The van der Waals surface area contributed by atoms with Gasteiger partial charge in [-0.1, -0.05) is 17.7 Å². The third kappa shape index (κ3) is 2.71. The Kier molecular flexibility index (Phi) is 3.79. The minimum absolute atomic E-state index is 0.183. The summed E-state index contributed by atoms with van der Waals surface area (Å²) in [7, 11) is 1.61. The highest BCUT2D eigenvalue weighted by Gasteiger charge is 2.29. The molecule has 1 aliphatic heterocycles. The van der Waals surface area contributed by atoms with Crippen LogP contribution in [-0.4, -0.2) is 12.2 Å². The molecular formula is C17H17ClO3. The fraction of sp³-hybridized carbons (Fsp3) is 0.294. The van der Waals surface area contributed by atoms with E-state index in [1.165, 1.54) is 0 Å². The number of aliphatic hydroxyl groups is 1. The van der Waals surface area contributed by atoms with Crippen molar-refractivity contribution in [3.05, 3.63) is 58.1 Å². The molecule has 1 heterocycles. The van der Waals surface area contributed by atoms with Crippen molar-refractivity contribution in [3.63, 3.8) is 0 Å². The quantitative estimate of drug-likeness (QED) is 0.903. The van der Waals surface area contributed by atoms with E-state index in [0.717, 1.165) is 22.4 Å². The summed E-state index contributed by atoms with van der Waals surface area (Å²) < 4.78 is 11.3. The molecular weight excluding hydrogens is 288 g/mol. The number of rotatable bonds is 2. The Labute approximate surface area is 129 Å². The number of halogens is 1. The zero-order valence-corrected chi connectivity index (χ0v) is 12.7. The number of benzene rings is 2. The molecule has 0 radical (unpaired) electrons. The molecule has 2 unspecified atom stereocenters. The van der Waals surface area contributed by atoms with Crippen LogP contribution >= 0.6 is 11.6 Å². The summed E-state index contributed by atoms with van der Waals surface area (Å²) in [5, 5.41) is 11.1. The third-order valence-corrected chi connectivity index (χ3v) is 4.10. The van der Waals surface area contributed by atoms with Gasteiger partial charge in [-0.2, -0.15) is 0 Å². The topological polar surface area (TPSA) is 38.7 Å². The summed E-state index contributed by atoms with van der Waals surface area (Å²) in [6.07, 6.45) is -0.196. The molecule has 110 valence electrons. The number of hydrogen-bond acceptors (Lipinski definition) is 3. The van der Waals surface area contributed by atoms with Crippen molar-refractivity contribution < 1.29 is 14.6 Å². The largest absolute Gasteiger partial charge is 0.497 e. The van der Waals surface area contributed by atoms with Gasteiger partial charge in [0.1, 0.15) is 17.6 Å². The van der Waals surface area contributed by atoms with E-state index in [2.05, 4.69) is 0 Å². The van der Waals surface area contributed by atoms with Gasteiger partial charge in [0.2, 0.25) is 0 Å². The molecule has 0 aliphatic carbocycles. The number of hydrogen-bond donors (Lipinski definition) is 1. The first-order valence-corrected chi connectivity index (χ1v) is 7.25. The van der Waals surface area contributed by atoms with E-state index in [1.54, 1.807) is 7.11 Å². The normalized spacial score (nSPS) is 20.6. The van der Waals surface area contributed by atoms with Crippen molar-refractivity contribution in [2.24, 2.45) is 0 Å². The Morgan fingerprint density at radius 1 is 1.19 bits per heavy atom. The molecule has 2 aromatic rings. The van der Waals surface area contributed by atoms with E-state index < -0.39 is 6.10 Å². The third-order valence-electron chi connectivity index (χ3n) is 3.87. The Morgan fingerprint density at radius 2 is 1.95 bits per heavy atom. The SMILES string of the molecule is COc1ccc2c(c1)OC(c1ccc(Cl)cc1C)CC2O. The highest BCUT2D eigenvalue weighted by Crippen LogP contribution is 2.43. The lowest BCUT2D eigenvalue weighted by Crippen LogP contribution is -2.19. The molecule has 2 aromatic carbocycles. The Bertz CT molecular complexity index is 669. The van der Waals surface area contributed by atoms with E-state index in [-0.39, 0.29) is 6.10 Å². The number of fused-ring (bicyclic) bond motifs is 1. The molecule has 1 aliphatic rings. The van der Waals surface area contributed by atoms with Crippen molar-refractivity contribution in [2.75, 3.05) is 7.11 Å². The minimum atomic E-state index is -0.542. The fourth-order valence-corrected chi connectivity index (χ4v) is 2.97. The molecule has 0 saturated carbocycles. The minimum Gasteiger partial charge on any atom is -0.497 e. The smallest absolute Gasteiger partial charge is 0.129 e. The lowest BCUT2D eigenvalue weighted by atomic mass is 9.93. The van der Waals surface area contributed by atoms with Gasteiger partial charge < -0.3 is 14.6 Å². The molecule has 3 rings (SSSR count). The molecule has 0 bridgehead atoms. The molecule has 4 heteroatoms. The van der Waals surface area contributed by atoms with Crippen LogP contribution in [0.25, 0.3) is 0 Å². The second-order valence-electron chi connectivity index (χ2n) is 5.26. The maximum atomic E-state index is 10.4. The number of aryl methyl sites for hydroxylation is 1. The van der Waals surface area contributed by atoms with Crippen LogP contribution in [0.15, 0.2) is 36.4 Å². The van der Waals surface area contributed by atoms with Crippen molar-refractivity contribution in [2.45, 2.75) is 25.6 Å². The summed E-state index contributed by atoms with van der Waals surface area (Å²) in [5.74, 6) is 1.39. The van der Waals surface area contributed by atoms with Gasteiger partial charge in [-0.3, -0.25) is 0 Å². The molecule has 3 nitrogen and oxygen atoms in total. The molecule has 0 saturated heterocycles. The molecule has 21 heavy (non-hydrogen) atoms. The highest BCUT2D eigenvalue weighted by molar-refractivity contribution is 6.30. The zero-order valence-electron chi connectivity index (χ0n) is 12.0. The van der Waals surface area contributed by atoms with Gasteiger partial charge in [-0.25, -0.2) is 0 Å². The van der Waals surface area contributed by atoms with Crippen LogP contribution in [-0.2, 0) is 0 Å². The van der Waals surface area contributed by atoms with Gasteiger partial charge in [0.05, 0.1) is 13.2 Å². The second-order valence-corrected chi connectivity index (χ2v) is 5.70. The molecule has 1 N–H and O–H groups in total. The number of aliphatic hydroxyl groups excluding tert-OH is 1. The lowest BCUT2D eigenvalue weighted by Gasteiger charge is -2.31. The first kappa shape index (κ1) is 14.2. The standard InChI is InChI=1S/C17H17ClO3/c1-10-7-11(18)3-5-13(10)17-9-15(19)14-6-4-12(20-2)8-16(14)21-17/h3-8,15,17,19H,9H2,1-2H3. The van der Waals surface area contributed by atoms with E-state index in [4.69, 9.17) is 21.1 Å². The van der Waals surface area contributed by atoms with E-state index in [1.807, 2.05) is 43.3 Å². The van der Waals surface area contributed by atoms with Gasteiger partial charge in [0.15, 0.2) is 0 Å². The van der Waals surface area contributed by atoms with Gasteiger partial charge in [0, 0.05) is 23.1 Å². The maximum Gasteiger partial charge on any atom is 0.129 e. The Balaban J connectivity index is 1.96. The zero-order chi connectivity index (χ0) is 15.0. The van der Waals surface area contributed by atoms with Crippen molar-refractivity contribution in [3.8, 4) is 11.5 Å². The van der Waals surface area contributed by atoms with Crippen LogP contribution in [0, 0.1) is 6.92 Å². The summed E-state index contributed by atoms with van der Waals surface area (Å²) >= 11 is 6.00. The van der Waals surface area contributed by atoms with Crippen molar-refractivity contribution in [1.29, 1.82) is 0 Å². The predicted octanol–water partition coefficient (Wildman–Crippen LogP) is 4.21. The first-order valence-electron chi connectivity index (χ1n) is 6.87. The first-order chi connectivity index (χ1) is 10.1. The van der Waals surface area contributed by atoms with Gasteiger partial charge in [0.25, 0.3) is 0 Å². The van der Waals surface area contributed by atoms with Crippen LogP contribution < -0.4 is 9.47 Å². The van der Waals surface area contributed by atoms with Crippen LogP contribution in [0.2, 0.25) is 5.02 Å². The Hall–Kier alpha value is -1.71. The average Bonchev–Trinajstić information content (AvgIpc) is 2.46. The van der Waals surface area contributed by atoms with Crippen LogP contribution in [0.4, 0.5) is 0 Å². The predicted molar refractivity (Wildman–Crippen MR) is 82.1 cm³/mol. The highest BCUT2D eigenvalue weighted by atomic mass is 35.5. The maximum absolute atomic E-state index is 10.4. The van der Waals surface area contributed by atoms with Crippen LogP contribution in [0.5, 0.6) is 11.5 Å². The van der Waals surface area contributed by atoms with Gasteiger partial charge in [-0.05, 0) is 42.3 Å². The number of ether oxygens (including phenoxy) is 2. The van der Waals surface area contributed by atoms with Gasteiger partial charge in [-0.15, -0.1) is 0 Å². The summed E-state index contributed by atoms with van der Waals surface area (Å²) in [6.45, 7) is 2.00. The molecule has 0 aromatic heterocycles. The van der Waals surface area contributed by atoms with E-state index in [0.29, 0.717) is 17.2 Å². The monoisotopic (exact) mass is 304 g/mol. The molecule has 2 atom stereocenters. The van der Waals surface area contributed by atoms with E-state index >= 15 is 0 Å². The van der Waals surface area contributed by atoms with Gasteiger partial charge >= 0.3 is 0 Å². The molecule has 0 amide bonds. The fourth-order valence-electron chi connectivity index (χ4n) is 2.74. The molecule has 0 fully saturated rings.